The smallest absolute Gasteiger partial charge is 0.242 e. The lowest BCUT2D eigenvalue weighted by Crippen LogP contribution is -2.44. The number of hydrogen-bond acceptors (Lipinski definition) is 7. The van der Waals surface area contributed by atoms with Crippen molar-refractivity contribution in [2.24, 2.45) is 0 Å². The van der Waals surface area contributed by atoms with Crippen LogP contribution >= 0.6 is 0 Å². The number of carbonyl (C=O) groups is 2. The number of anilines is 1. The average molecular weight is 518 g/mol. The number of nitrogens with zero attached hydrogens (tertiary/aromatic N) is 5. The highest BCUT2D eigenvalue weighted by Gasteiger charge is 2.26. The molecule has 1 atom stereocenters. The van der Waals surface area contributed by atoms with Crippen LogP contribution in [0.25, 0.3) is 11.3 Å². The number of benzene rings is 2. The Morgan fingerprint density at radius 3 is 2.39 bits per heavy atom. The van der Waals surface area contributed by atoms with Crippen molar-refractivity contribution in [3.8, 4) is 22.8 Å². The molecular formula is C29H35N5O4. The third-order valence-corrected chi connectivity index (χ3v) is 6.97. The van der Waals surface area contributed by atoms with Gasteiger partial charge in [-0.15, -0.1) is 10.2 Å². The zero-order chi connectivity index (χ0) is 27.1. The lowest BCUT2D eigenvalue weighted by molar-refractivity contribution is -0.141. The molecule has 9 nitrogen and oxygen atoms in total. The second-order valence-electron chi connectivity index (χ2n) is 9.30. The molecule has 1 aliphatic heterocycles. The van der Waals surface area contributed by atoms with Gasteiger partial charge in [0.25, 0.3) is 0 Å². The second kappa shape index (κ2) is 12.4. The van der Waals surface area contributed by atoms with E-state index >= 15 is 0 Å². The average Bonchev–Trinajstić information content (AvgIpc) is 3.22. The maximum Gasteiger partial charge on any atom is 0.242 e. The molecule has 2 aromatic carbocycles. The molecule has 1 saturated heterocycles. The first kappa shape index (κ1) is 26.9. The van der Waals surface area contributed by atoms with E-state index in [1.165, 1.54) is 6.92 Å². The van der Waals surface area contributed by atoms with E-state index in [1.54, 1.807) is 19.1 Å². The minimum absolute atomic E-state index is 0.0436. The molecule has 1 fully saturated rings. The zero-order valence-electron chi connectivity index (χ0n) is 22.5. The Balaban J connectivity index is 1.39. The minimum Gasteiger partial charge on any atom is -0.497 e. The fourth-order valence-corrected chi connectivity index (χ4v) is 4.72. The van der Waals surface area contributed by atoms with Gasteiger partial charge in [0.2, 0.25) is 11.8 Å². The topological polar surface area (TPSA) is 88.1 Å². The third kappa shape index (κ3) is 6.22. The van der Waals surface area contributed by atoms with Gasteiger partial charge in [-0.2, -0.15) is 0 Å². The van der Waals surface area contributed by atoms with Gasteiger partial charge in [-0.1, -0.05) is 30.3 Å². The van der Waals surface area contributed by atoms with E-state index in [2.05, 4.69) is 15.1 Å². The molecule has 0 radical (unpaired) electrons. The molecule has 0 N–H and O–H groups in total. The normalized spacial score (nSPS) is 14.4. The molecule has 1 aromatic heterocycles. The molecule has 9 heteroatoms. The molecule has 2 heterocycles. The van der Waals surface area contributed by atoms with Gasteiger partial charge < -0.3 is 24.2 Å². The van der Waals surface area contributed by atoms with Crippen LogP contribution in [0.15, 0.2) is 60.7 Å². The summed E-state index contributed by atoms with van der Waals surface area (Å²) in [6.07, 6.45) is 0.801. The number of methoxy groups -OCH3 is 2. The second-order valence-corrected chi connectivity index (χ2v) is 9.30. The number of aromatic nitrogens is 2. The monoisotopic (exact) mass is 517 g/mol. The maximum absolute atomic E-state index is 13.2. The van der Waals surface area contributed by atoms with E-state index in [4.69, 9.17) is 9.47 Å². The molecule has 0 unspecified atom stereocenters. The molecular weight excluding hydrogens is 482 g/mol. The fraction of sp³-hybridized carbons (Fsp3) is 0.379. The summed E-state index contributed by atoms with van der Waals surface area (Å²) in [5.41, 5.74) is 2.54. The van der Waals surface area contributed by atoms with Crippen LogP contribution in [-0.2, 0) is 9.59 Å². The van der Waals surface area contributed by atoms with Crippen molar-refractivity contribution in [1.29, 1.82) is 0 Å². The Hall–Kier alpha value is -4.14. The Bertz CT molecular complexity index is 1240. The Morgan fingerprint density at radius 1 is 0.947 bits per heavy atom. The van der Waals surface area contributed by atoms with E-state index in [-0.39, 0.29) is 24.4 Å². The lowest BCUT2D eigenvalue weighted by atomic mass is 10.1. The van der Waals surface area contributed by atoms with Gasteiger partial charge in [-0.05, 0) is 43.2 Å². The highest BCUT2D eigenvalue weighted by molar-refractivity contribution is 5.84. The lowest BCUT2D eigenvalue weighted by Gasteiger charge is -2.30. The summed E-state index contributed by atoms with van der Waals surface area (Å²) in [5, 5.41) is 8.91. The zero-order valence-corrected chi connectivity index (χ0v) is 22.5. The van der Waals surface area contributed by atoms with Crippen LogP contribution in [0.2, 0.25) is 0 Å². The van der Waals surface area contributed by atoms with Gasteiger partial charge in [0.05, 0.1) is 26.0 Å². The van der Waals surface area contributed by atoms with E-state index < -0.39 is 0 Å². The van der Waals surface area contributed by atoms with Crippen molar-refractivity contribution in [2.75, 3.05) is 51.8 Å². The van der Waals surface area contributed by atoms with Crippen molar-refractivity contribution < 1.29 is 19.1 Å². The highest BCUT2D eigenvalue weighted by Crippen LogP contribution is 2.32. The molecule has 0 aliphatic carbocycles. The molecule has 0 bridgehead atoms. The van der Waals surface area contributed by atoms with Gasteiger partial charge in [0, 0.05) is 44.7 Å². The summed E-state index contributed by atoms with van der Waals surface area (Å²) in [4.78, 5) is 31.2. The van der Waals surface area contributed by atoms with Gasteiger partial charge in [-0.3, -0.25) is 9.59 Å². The van der Waals surface area contributed by atoms with E-state index in [1.807, 2.05) is 72.5 Å². The quantitative estimate of drug-likeness (QED) is 0.449. The SMILES string of the molecule is COc1ccc(-c2ccc(N3CCCN(C(=O)CN(C(C)=O)[C@H](C)c4ccccc4)CC3)nn2)c(OC)c1. The first-order valence-electron chi connectivity index (χ1n) is 12.8. The number of carbonyl (C=O) groups excluding carboxylic acids is 2. The van der Waals surface area contributed by atoms with E-state index in [0.717, 1.165) is 29.9 Å². The Morgan fingerprint density at radius 2 is 1.74 bits per heavy atom. The minimum atomic E-state index is -0.181. The Kier molecular flexibility index (Phi) is 8.78. The van der Waals surface area contributed by atoms with Crippen molar-refractivity contribution >= 4 is 17.6 Å². The van der Waals surface area contributed by atoms with Crippen LogP contribution in [0.3, 0.4) is 0 Å². The number of hydrogen-bond donors (Lipinski definition) is 0. The van der Waals surface area contributed by atoms with Crippen LogP contribution in [0, 0.1) is 0 Å². The Labute approximate surface area is 224 Å². The van der Waals surface area contributed by atoms with Gasteiger partial charge in [0.1, 0.15) is 18.0 Å². The van der Waals surface area contributed by atoms with Crippen LogP contribution in [-0.4, -0.2) is 78.8 Å². The fourth-order valence-electron chi connectivity index (χ4n) is 4.72. The van der Waals surface area contributed by atoms with Crippen molar-refractivity contribution in [1.82, 2.24) is 20.0 Å². The predicted octanol–water partition coefficient (Wildman–Crippen LogP) is 3.81. The summed E-state index contributed by atoms with van der Waals surface area (Å²) >= 11 is 0. The predicted molar refractivity (Wildman–Crippen MR) is 146 cm³/mol. The van der Waals surface area contributed by atoms with Gasteiger partial charge in [0.15, 0.2) is 5.82 Å². The van der Waals surface area contributed by atoms with Crippen LogP contribution < -0.4 is 14.4 Å². The van der Waals surface area contributed by atoms with Crippen LogP contribution in [0.1, 0.15) is 31.9 Å². The first-order chi connectivity index (χ1) is 18.4. The molecule has 0 spiro atoms. The summed E-state index contributed by atoms with van der Waals surface area (Å²) in [6, 6.07) is 19.1. The summed E-state index contributed by atoms with van der Waals surface area (Å²) in [7, 11) is 3.23. The van der Waals surface area contributed by atoms with Crippen molar-refractivity contribution in [2.45, 2.75) is 26.3 Å². The molecule has 4 rings (SSSR count). The number of ether oxygens (including phenoxy) is 2. The molecule has 3 aromatic rings. The van der Waals surface area contributed by atoms with E-state index in [9.17, 15) is 9.59 Å². The van der Waals surface area contributed by atoms with Crippen molar-refractivity contribution in [3.05, 3.63) is 66.2 Å². The van der Waals surface area contributed by atoms with Crippen LogP contribution in [0.4, 0.5) is 5.82 Å². The first-order valence-corrected chi connectivity index (χ1v) is 12.8. The standard InChI is InChI=1S/C29H35N5O4/c1-21(23-9-6-5-7-10-23)34(22(2)35)20-29(36)33-16-8-15-32(17-18-33)28-14-13-26(30-31-28)25-12-11-24(37-3)19-27(25)38-4/h5-7,9-14,19,21H,8,15-18,20H2,1-4H3/t21-/m1/s1. The third-order valence-electron chi connectivity index (χ3n) is 6.97. The molecule has 2 amide bonds. The molecule has 1 aliphatic rings. The van der Waals surface area contributed by atoms with Gasteiger partial charge >= 0.3 is 0 Å². The number of rotatable bonds is 8. The van der Waals surface area contributed by atoms with Crippen molar-refractivity contribution in [3.63, 3.8) is 0 Å². The summed E-state index contributed by atoms with van der Waals surface area (Å²) in [5.74, 6) is 1.97. The largest absolute Gasteiger partial charge is 0.497 e. The number of amides is 2. The molecule has 38 heavy (non-hydrogen) atoms. The summed E-state index contributed by atoms with van der Waals surface area (Å²) in [6.45, 7) is 6.12. The maximum atomic E-state index is 13.2. The molecule has 200 valence electrons. The van der Waals surface area contributed by atoms with Crippen LogP contribution in [0.5, 0.6) is 11.5 Å². The van der Waals surface area contributed by atoms with E-state index in [0.29, 0.717) is 36.8 Å². The highest BCUT2D eigenvalue weighted by atomic mass is 16.5. The van der Waals surface area contributed by atoms with Gasteiger partial charge in [-0.25, -0.2) is 0 Å². The molecule has 0 saturated carbocycles. The summed E-state index contributed by atoms with van der Waals surface area (Å²) < 4.78 is 10.8.